The van der Waals surface area contributed by atoms with Gasteiger partial charge in [0, 0.05) is 24.1 Å². The second-order valence-electron chi connectivity index (χ2n) is 5.91. The summed E-state index contributed by atoms with van der Waals surface area (Å²) in [4.78, 5) is 12.1. The predicted molar refractivity (Wildman–Crippen MR) is 98.8 cm³/mol. The summed E-state index contributed by atoms with van der Waals surface area (Å²) in [5.41, 5.74) is 2.96. The summed E-state index contributed by atoms with van der Waals surface area (Å²) in [7, 11) is 1.64. The fourth-order valence-corrected chi connectivity index (χ4v) is 2.52. The number of furan rings is 1. The molecule has 4 nitrogen and oxygen atoms in total. The van der Waals surface area contributed by atoms with Crippen molar-refractivity contribution < 1.29 is 13.9 Å². The van der Waals surface area contributed by atoms with Gasteiger partial charge in [-0.3, -0.25) is 4.79 Å². The van der Waals surface area contributed by atoms with Gasteiger partial charge in [-0.2, -0.15) is 0 Å². The topological polar surface area (TPSA) is 51.5 Å². The highest BCUT2D eigenvalue weighted by atomic mass is 16.5. The molecule has 0 aliphatic rings. The number of hydrogen-bond acceptors (Lipinski definition) is 3. The second-order valence-corrected chi connectivity index (χ2v) is 5.91. The van der Waals surface area contributed by atoms with E-state index in [1.165, 1.54) is 5.56 Å². The Labute approximate surface area is 147 Å². The number of hydrogen-bond donors (Lipinski definition) is 1. The number of ether oxygens (including phenoxy) is 1. The Kier molecular flexibility index (Phi) is 5.19. The third kappa shape index (κ3) is 4.51. The normalized spacial score (nSPS) is 10.5. The SMILES string of the molecule is COc1ccc(-c2ccc(CCC(=O)Nc3ccc(C)cc3)o2)cc1. The molecule has 128 valence electrons. The molecule has 0 fully saturated rings. The Morgan fingerprint density at radius 2 is 1.72 bits per heavy atom. The van der Waals surface area contributed by atoms with Crippen molar-refractivity contribution in [2.75, 3.05) is 12.4 Å². The second kappa shape index (κ2) is 7.71. The van der Waals surface area contributed by atoms with Gasteiger partial charge in [-0.25, -0.2) is 0 Å². The van der Waals surface area contributed by atoms with Crippen molar-refractivity contribution >= 4 is 11.6 Å². The van der Waals surface area contributed by atoms with E-state index in [1.54, 1.807) is 7.11 Å². The molecule has 0 unspecified atom stereocenters. The Morgan fingerprint density at radius 1 is 1.00 bits per heavy atom. The number of amides is 1. The van der Waals surface area contributed by atoms with Gasteiger partial charge in [-0.15, -0.1) is 0 Å². The van der Waals surface area contributed by atoms with E-state index >= 15 is 0 Å². The number of rotatable bonds is 6. The first kappa shape index (κ1) is 16.8. The molecule has 0 spiro atoms. The van der Waals surface area contributed by atoms with E-state index in [1.807, 2.05) is 67.6 Å². The molecule has 3 aromatic rings. The first-order valence-electron chi connectivity index (χ1n) is 8.24. The van der Waals surface area contributed by atoms with Crippen LogP contribution in [0.25, 0.3) is 11.3 Å². The lowest BCUT2D eigenvalue weighted by Crippen LogP contribution is -2.12. The van der Waals surface area contributed by atoms with Gasteiger partial charge >= 0.3 is 0 Å². The smallest absolute Gasteiger partial charge is 0.224 e. The molecule has 0 saturated heterocycles. The van der Waals surface area contributed by atoms with Crippen LogP contribution in [0.3, 0.4) is 0 Å². The van der Waals surface area contributed by atoms with Crippen molar-refractivity contribution in [2.24, 2.45) is 0 Å². The predicted octanol–water partition coefficient (Wildman–Crippen LogP) is 4.83. The average Bonchev–Trinajstić information content (AvgIpc) is 3.11. The molecule has 1 amide bonds. The molecule has 1 heterocycles. The molecule has 0 saturated carbocycles. The van der Waals surface area contributed by atoms with Crippen LogP contribution in [0, 0.1) is 6.92 Å². The van der Waals surface area contributed by atoms with Gasteiger partial charge in [0.2, 0.25) is 5.91 Å². The standard InChI is InChI=1S/C21H21NO3/c1-15-3-7-17(8-4-15)22-21(23)14-12-19-11-13-20(25-19)16-5-9-18(24-2)10-6-16/h3-11,13H,12,14H2,1-2H3,(H,22,23). The number of anilines is 1. The van der Waals surface area contributed by atoms with Crippen molar-refractivity contribution in [3.05, 3.63) is 72.0 Å². The monoisotopic (exact) mass is 335 g/mol. The lowest BCUT2D eigenvalue weighted by atomic mass is 10.2. The maximum atomic E-state index is 12.1. The van der Waals surface area contributed by atoms with Gasteiger partial charge < -0.3 is 14.5 Å². The van der Waals surface area contributed by atoms with Crippen molar-refractivity contribution in [1.82, 2.24) is 0 Å². The molecular formula is C21H21NO3. The minimum Gasteiger partial charge on any atom is -0.497 e. The van der Waals surface area contributed by atoms with E-state index in [0.717, 1.165) is 28.5 Å². The summed E-state index contributed by atoms with van der Waals surface area (Å²) >= 11 is 0. The highest BCUT2D eigenvalue weighted by Crippen LogP contribution is 2.25. The fraction of sp³-hybridized carbons (Fsp3) is 0.190. The van der Waals surface area contributed by atoms with Crippen LogP contribution in [0.1, 0.15) is 17.7 Å². The highest BCUT2D eigenvalue weighted by molar-refractivity contribution is 5.90. The fourth-order valence-electron chi connectivity index (χ4n) is 2.52. The molecule has 3 rings (SSSR count). The molecule has 25 heavy (non-hydrogen) atoms. The van der Waals surface area contributed by atoms with Crippen LogP contribution in [-0.4, -0.2) is 13.0 Å². The van der Waals surface area contributed by atoms with Crippen LogP contribution in [0.4, 0.5) is 5.69 Å². The first-order valence-corrected chi connectivity index (χ1v) is 8.24. The van der Waals surface area contributed by atoms with Gasteiger partial charge in [-0.05, 0) is 55.5 Å². The van der Waals surface area contributed by atoms with E-state index < -0.39 is 0 Å². The van der Waals surface area contributed by atoms with Gasteiger partial charge in [-0.1, -0.05) is 17.7 Å². The Bertz CT molecular complexity index is 832. The van der Waals surface area contributed by atoms with Crippen LogP contribution >= 0.6 is 0 Å². The molecule has 4 heteroatoms. The summed E-state index contributed by atoms with van der Waals surface area (Å²) in [6, 6.07) is 19.3. The van der Waals surface area contributed by atoms with Crippen molar-refractivity contribution in [3.8, 4) is 17.1 Å². The molecule has 0 atom stereocenters. The van der Waals surface area contributed by atoms with E-state index in [-0.39, 0.29) is 5.91 Å². The zero-order valence-electron chi connectivity index (χ0n) is 14.4. The van der Waals surface area contributed by atoms with Gasteiger partial charge in [0.05, 0.1) is 7.11 Å². The molecule has 0 aliphatic carbocycles. The Morgan fingerprint density at radius 3 is 2.40 bits per heavy atom. The summed E-state index contributed by atoms with van der Waals surface area (Å²) in [6.07, 6.45) is 0.942. The van der Waals surface area contributed by atoms with Crippen LogP contribution < -0.4 is 10.1 Å². The van der Waals surface area contributed by atoms with Crippen LogP contribution in [0.5, 0.6) is 5.75 Å². The number of nitrogens with one attached hydrogen (secondary N) is 1. The number of benzene rings is 2. The molecule has 1 N–H and O–H groups in total. The van der Waals surface area contributed by atoms with Crippen LogP contribution in [0.15, 0.2) is 65.1 Å². The molecule has 2 aromatic carbocycles. The van der Waals surface area contributed by atoms with Gasteiger partial charge in [0.1, 0.15) is 17.3 Å². The van der Waals surface area contributed by atoms with Crippen LogP contribution in [-0.2, 0) is 11.2 Å². The maximum absolute atomic E-state index is 12.1. The van der Waals surface area contributed by atoms with Gasteiger partial charge in [0.15, 0.2) is 0 Å². The molecular weight excluding hydrogens is 314 g/mol. The van der Waals surface area contributed by atoms with E-state index in [2.05, 4.69) is 5.32 Å². The number of methoxy groups -OCH3 is 1. The number of aryl methyl sites for hydroxylation is 2. The summed E-state index contributed by atoms with van der Waals surface area (Å²) in [5.74, 6) is 2.37. The molecule has 0 bridgehead atoms. The summed E-state index contributed by atoms with van der Waals surface area (Å²) in [6.45, 7) is 2.02. The average molecular weight is 335 g/mol. The summed E-state index contributed by atoms with van der Waals surface area (Å²) < 4.78 is 11.0. The van der Waals surface area contributed by atoms with Crippen molar-refractivity contribution in [2.45, 2.75) is 19.8 Å². The third-order valence-corrected chi connectivity index (χ3v) is 3.97. The van der Waals surface area contributed by atoms with E-state index in [0.29, 0.717) is 12.8 Å². The lowest BCUT2D eigenvalue weighted by molar-refractivity contribution is -0.116. The van der Waals surface area contributed by atoms with E-state index in [9.17, 15) is 4.79 Å². The van der Waals surface area contributed by atoms with Crippen molar-refractivity contribution in [1.29, 1.82) is 0 Å². The van der Waals surface area contributed by atoms with Crippen molar-refractivity contribution in [3.63, 3.8) is 0 Å². The minimum absolute atomic E-state index is 0.0220. The molecule has 0 aliphatic heterocycles. The minimum atomic E-state index is -0.0220. The highest BCUT2D eigenvalue weighted by Gasteiger charge is 2.08. The summed E-state index contributed by atoms with van der Waals surface area (Å²) in [5, 5.41) is 2.90. The lowest BCUT2D eigenvalue weighted by Gasteiger charge is -2.05. The number of carbonyl (C=O) groups excluding carboxylic acids is 1. The Hall–Kier alpha value is -3.01. The largest absolute Gasteiger partial charge is 0.497 e. The first-order chi connectivity index (χ1) is 12.1. The van der Waals surface area contributed by atoms with E-state index in [4.69, 9.17) is 9.15 Å². The van der Waals surface area contributed by atoms with Gasteiger partial charge in [0.25, 0.3) is 0 Å². The third-order valence-electron chi connectivity index (χ3n) is 3.97. The maximum Gasteiger partial charge on any atom is 0.224 e. The van der Waals surface area contributed by atoms with Crippen LogP contribution in [0.2, 0.25) is 0 Å². The zero-order valence-corrected chi connectivity index (χ0v) is 14.4. The molecule has 1 aromatic heterocycles. The zero-order chi connectivity index (χ0) is 17.6. The quantitative estimate of drug-likeness (QED) is 0.701. The molecule has 0 radical (unpaired) electrons. The Balaban J connectivity index is 1.55. The number of carbonyl (C=O) groups is 1.